The highest BCUT2D eigenvalue weighted by molar-refractivity contribution is 6.05. The molecule has 0 atom stereocenters. The largest absolute Gasteiger partial charge is 0.454 e. The minimum Gasteiger partial charge on any atom is -0.454 e. The molecule has 0 bridgehead atoms. The number of fused-ring (bicyclic) bond motifs is 5. The van der Waals surface area contributed by atoms with Crippen molar-refractivity contribution in [3.8, 4) is 17.2 Å². The zero-order valence-electron chi connectivity index (χ0n) is 19.7. The van der Waals surface area contributed by atoms with E-state index < -0.39 is 0 Å². The molecule has 7 rings (SSSR count). The molecule has 0 N–H and O–H groups in total. The number of aromatic nitrogens is 5. The predicted octanol–water partition coefficient (Wildman–Crippen LogP) is 4.68. The number of benzene rings is 3. The molecule has 36 heavy (non-hydrogen) atoms. The third-order valence-electron chi connectivity index (χ3n) is 6.63. The third kappa shape index (κ3) is 3.07. The normalized spacial score (nSPS) is 12.7. The summed E-state index contributed by atoms with van der Waals surface area (Å²) < 4.78 is 14.7. The molecule has 0 unspecified atom stereocenters. The molecule has 3 aromatic heterocycles. The standard InChI is InChI=1S/C28H21N5O3/c1-16-7-9-18(10-8-16)14-32-17(2)29-26-24(28(32)34)25-27(31-21-6-4-3-5-20(21)30-25)33(26)19-11-12-22-23(13-19)36-15-35-22/h3-13H,14-15H2,1-2H3. The Labute approximate surface area is 205 Å². The second-order valence-electron chi connectivity index (χ2n) is 8.99. The number of hydrogen-bond donors (Lipinski definition) is 0. The summed E-state index contributed by atoms with van der Waals surface area (Å²) in [5.41, 5.74) is 5.90. The van der Waals surface area contributed by atoms with Gasteiger partial charge in [-0.3, -0.25) is 13.9 Å². The van der Waals surface area contributed by atoms with E-state index in [-0.39, 0.29) is 12.4 Å². The van der Waals surface area contributed by atoms with Crippen LogP contribution in [-0.2, 0) is 6.54 Å². The molecule has 0 saturated heterocycles. The van der Waals surface area contributed by atoms with Crippen molar-refractivity contribution < 1.29 is 9.47 Å². The van der Waals surface area contributed by atoms with Crippen LogP contribution in [0.1, 0.15) is 17.0 Å². The van der Waals surface area contributed by atoms with Crippen molar-refractivity contribution in [3.63, 3.8) is 0 Å². The summed E-state index contributed by atoms with van der Waals surface area (Å²) in [4.78, 5) is 28.7. The van der Waals surface area contributed by atoms with E-state index in [1.807, 2.05) is 85.1 Å². The lowest BCUT2D eigenvalue weighted by Gasteiger charge is -2.11. The predicted molar refractivity (Wildman–Crippen MR) is 137 cm³/mol. The zero-order valence-corrected chi connectivity index (χ0v) is 19.7. The molecule has 0 spiro atoms. The lowest BCUT2D eigenvalue weighted by atomic mass is 10.1. The smallest absolute Gasteiger partial charge is 0.265 e. The van der Waals surface area contributed by atoms with Gasteiger partial charge in [0.2, 0.25) is 6.79 Å². The number of aryl methyl sites for hydroxylation is 2. The van der Waals surface area contributed by atoms with Crippen LogP contribution in [0.15, 0.2) is 71.5 Å². The maximum atomic E-state index is 14.0. The van der Waals surface area contributed by atoms with Crippen molar-refractivity contribution in [2.75, 3.05) is 6.79 Å². The lowest BCUT2D eigenvalue weighted by Crippen LogP contribution is -2.24. The highest BCUT2D eigenvalue weighted by Gasteiger charge is 2.24. The lowest BCUT2D eigenvalue weighted by molar-refractivity contribution is 0.174. The second-order valence-corrected chi connectivity index (χ2v) is 8.99. The molecule has 176 valence electrons. The van der Waals surface area contributed by atoms with Crippen molar-refractivity contribution in [1.82, 2.24) is 24.1 Å². The molecular weight excluding hydrogens is 454 g/mol. The first-order valence-electron chi connectivity index (χ1n) is 11.7. The van der Waals surface area contributed by atoms with Crippen molar-refractivity contribution in [2.24, 2.45) is 0 Å². The first-order chi connectivity index (χ1) is 17.6. The average molecular weight is 476 g/mol. The maximum absolute atomic E-state index is 14.0. The fourth-order valence-corrected chi connectivity index (χ4v) is 4.76. The van der Waals surface area contributed by atoms with Gasteiger partial charge in [-0.1, -0.05) is 42.0 Å². The molecule has 0 saturated carbocycles. The van der Waals surface area contributed by atoms with E-state index in [1.165, 1.54) is 5.56 Å². The minimum atomic E-state index is -0.146. The monoisotopic (exact) mass is 475 g/mol. The van der Waals surface area contributed by atoms with Crippen LogP contribution < -0.4 is 15.0 Å². The molecule has 1 aliphatic rings. The first-order valence-corrected chi connectivity index (χ1v) is 11.7. The fourth-order valence-electron chi connectivity index (χ4n) is 4.76. The van der Waals surface area contributed by atoms with Gasteiger partial charge in [-0.25, -0.2) is 15.0 Å². The molecule has 0 amide bonds. The highest BCUT2D eigenvalue weighted by atomic mass is 16.7. The number of para-hydroxylation sites is 2. The summed E-state index contributed by atoms with van der Waals surface area (Å²) in [6.07, 6.45) is 0. The summed E-state index contributed by atoms with van der Waals surface area (Å²) in [5.74, 6) is 1.93. The van der Waals surface area contributed by atoms with Crippen molar-refractivity contribution in [2.45, 2.75) is 20.4 Å². The SMILES string of the molecule is Cc1ccc(Cn2c(C)nc3c(c2=O)c2nc4ccccc4nc2n3-c2ccc3c(c2)OCO3)cc1. The van der Waals surface area contributed by atoms with Crippen molar-refractivity contribution >= 4 is 33.2 Å². The van der Waals surface area contributed by atoms with Crippen LogP contribution in [0.2, 0.25) is 0 Å². The Hall–Kier alpha value is -4.72. The van der Waals surface area contributed by atoms with Gasteiger partial charge in [-0.05, 0) is 43.7 Å². The Bertz CT molecular complexity index is 1890. The summed E-state index contributed by atoms with van der Waals surface area (Å²) in [5, 5.41) is 0.443. The molecule has 0 aliphatic carbocycles. The van der Waals surface area contributed by atoms with Crippen LogP contribution in [0.4, 0.5) is 0 Å². The number of nitrogens with zero attached hydrogens (tertiary/aromatic N) is 5. The van der Waals surface area contributed by atoms with Gasteiger partial charge in [0.1, 0.15) is 16.7 Å². The van der Waals surface area contributed by atoms with Crippen LogP contribution in [0, 0.1) is 13.8 Å². The van der Waals surface area contributed by atoms with Crippen LogP contribution in [-0.4, -0.2) is 30.9 Å². The van der Waals surface area contributed by atoms with Gasteiger partial charge in [0.05, 0.1) is 23.3 Å². The average Bonchev–Trinajstić information content (AvgIpc) is 3.47. The van der Waals surface area contributed by atoms with Crippen LogP contribution >= 0.6 is 0 Å². The summed E-state index contributed by atoms with van der Waals surface area (Å²) in [7, 11) is 0. The molecule has 0 fully saturated rings. The van der Waals surface area contributed by atoms with Gasteiger partial charge in [0.15, 0.2) is 22.8 Å². The minimum absolute atomic E-state index is 0.146. The Balaban J connectivity index is 1.55. The summed E-state index contributed by atoms with van der Waals surface area (Å²) in [6, 6.07) is 21.5. The number of rotatable bonds is 3. The van der Waals surface area contributed by atoms with Gasteiger partial charge >= 0.3 is 0 Å². The van der Waals surface area contributed by atoms with E-state index in [0.717, 1.165) is 22.3 Å². The number of hydrogen-bond acceptors (Lipinski definition) is 6. The number of ether oxygens (including phenoxy) is 2. The maximum Gasteiger partial charge on any atom is 0.265 e. The second kappa shape index (κ2) is 7.64. The van der Waals surface area contributed by atoms with Crippen LogP contribution in [0.3, 0.4) is 0 Å². The van der Waals surface area contributed by atoms with E-state index >= 15 is 0 Å². The molecule has 1 aliphatic heterocycles. The van der Waals surface area contributed by atoms with Gasteiger partial charge in [-0.2, -0.15) is 0 Å². The fraction of sp³-hybridized carbons (Fsp3) is 0.143. The summed E-state index contributed by atoms with van der Waals surface area (Å²) in [6.45, 7) is 4.50. The molecule has 8 nitrogen and oxygen atoms in total. The summed E-state index contributed by atoms with van der Waals surface area (Å²) >= 11 is 0. The quantitative estimate of drug-likeness (QED) is 0.370. The molecule has 8 heteroatoms. The Morgan fingerprint density at radius 2 is 1.58 bits per heavy atom. The Morgan fingerprint density at radius 3 is 2.39 bits per heavy atom. The van der Waals surface area contributed by atoms with E-state index in [4.69, 9.17) is 24.4 Å². The molecular formula is C28H21N5O3. The first kappa shape index (κ1) is 20.6. The molecule has 4 heterocycles. The van der Waals surface area contributed by atoms with Gasteiger partial charge in [0, 0.05) is 6.07 Å². The molecule has 6 aromatic rings. The highest BCUT2D eigenvalue weighted by Crippen LogP contribution is 2.36. The van der Waals surface area contributed by atoms with Crippen molar-refractivity contribution in [1.29, 1.82) is 0 Å². The molecule has 0 radical (unpaired) electrons. The van der Waals surface area contributed by atoms with Crippen molar-refractivity contribution in [3.05, 3.63) is 94.0 Å². The van der Waals surface area contributed by atoms with E-state index in [1.54, 1.807) is 4.57 Å². The van der Waals surface area contributed by atoms with Gasteiger partial charge in [-0.15, -0.1) is 0 Å². The Morgan fingerprint density at radius 1 is 0.833 bits per heavy atom. The molecule has 3 aromatic carbocycles. The van der Waals surface area contributed by atoms with E-state index in [9.17, 15) is 4.79 Å². The van der Waals surface area contributed by atoms with E-state index in [2.05, 4.69) is 0 Å². The Kier molecular flexibility index (Phi) is 4.38. The van der Waals surface area contributed by atoms with E-state index in [0.29, 0.717) is 46.1 Å². The topological polar surface area (TPSA) is 84.1 Å². The zero-order chi connectivity index (χ0) is 24.4. The van der Waals surface area contributed by atoms with Gasteiger partial charge < -0.3 is 9.47 Å². The van der Waals surface area contributed by atoms with Crippen LogP contribution in [0.25, 0.3) is 38.9 Å². The third-order valence-corrected chi connectivity index (χ3v) is 6.63. The van der Waals surface area contributed by atoms with Gasteiger partial charge in [0.25, 0.3) is 5.56 Å². The van der Waals surface area contributed by atoms with Crippen LogP contribution in [0.5, 0.6) is 11.5 Å².